The Balaban J connectivity index is 2.19. The first kappa shape index (κ1) is 18.3. The van der Waals surface area contributed by atoms with E-state index in [1.807, 2.05) is 0 Å². The zero-order chi connectivity index (χ0) is 16.6. The van der Waals surface area contributed by atoms with Crippen molar-refractivity contribution in [3.8, 4) is 0 Å². The van der Waals surface area contributed by atoms with Crippen molar-refractivity contribution in [2.75, 3.05) is 6.61 Å². The zero-order valence-corrected chi connectivity index (χ0v) is 15.5. The standard InChI is InChI=1S/C20H38O2/c1-15(10-14-21)7-8-17-19(4)12-6-11-18(2,3)16(19)9-13-20(17,5)22/h15-17,21-22H,6-14H2,1-5H3/t15-,16+,17-,19+,20-/m0/s1. The molecule has 0 saturated heterocycles. The average Bonchev–Trinajstić information content (AvgIpc) is 2.36. The fraction of sp³-hybridized carbons (Fsp3) is 1.00. The molecule has 2 rings (SSSR count). The van der Waals surface area contributed by atoms with Gasteiger partial charge in [-0.3, -0.25) is 0 Å². The van der Waals surface area contributed by atoms with Crippen LogP contribution >= 0.6 is 0 Å². The molecule has 0 spiro atoms. The maximum Gasteiger partial charge on any atom is 0.0653 e. The van der Waals surface area contributed by atoms with Gasteiger partial charge in [-0.05, 0) is 74.0 Å². The predicted molar refractivity (Wildman–Crippen MR) is 92.7 cm³/mol. The number of aliphatic hydroxyl groups excluding tert-OH is 1. The van der Waals surface area contributed by atoms with Gasteiger partial charge in [0.15, 0.2) is 0 Å². The molecule has 0 heterocycles. The minimum Gasteiger partial charge on any atom is -0.396 e. The van der Waals surface area contributed by atoms with Crippen LogP contribution < -0.4 is 0 Å². The Labute approximate surface area is 137 Å². The van der Waals surface area contributed by atoms with Crippen LogP contribution in [0, 0.1) is 28.6 Å². The number of hydrogen-bond donors (Lipinski definition) is 2. The minimum absolute atomic E-state index is 0.280. The fourth-order valence-corrected chi connectivity index (χ4v) is 6.08. The molecular formula is C20H38O2. The highest BCUT2D eigenvalue weighted by atomic mass is 16.3. The first-order valence-corrected chi connectivity index (χ1v) is 9.47. The van der Waals surface area contributed by atoms with Crippen molar-refractivity contribution in [3.63, 3.8) is 0 Å². The fourth-order valence-electron chi connectivity index (χ4n) is 6.08. The van der Waals surface area contributed by atoms with Gasteiger partial charge in [0, 0.05) is 6.61 Å². The minimum atomic E-state index is -0.516. The molecule has 2 fully saturated rings. The third kappa shape index (κ3) is 3.38. The summed E-state index contributed by atoms with van der Waals surface area (Å²) in [6.07, 6.45) is 9.18. The molecule has 2 heteroatoms. The number of hydrogen-bond acceptors (Lipinski definition) is 2. The summed E-state index contributed by atoms with van der Waals surface area (Å²) in [4.78, 5) is 0. The van der Waals surface area contributed by atoms with Crippen LogP contribution in [0.15, 0.2) is 0 Å². The maximum absolute atomic E-state index is 11.1. The van der Waals surface area contributed by atoms with Gasteiger partial charge in [-0.2, -0.15) is 0 Å². The van der Waals surface area contributed by atoms with E-state index in [0.717, 1.165) is 31.6 Å². The Morgan fingerprint density at radius 2 is 1.73 bits per heavy atom. The Morgan fingerprint density at radius 3 is 2.36 bits per heavy atom. The van der Waals surface area contributed by atoms with Gasteiger partial charge in [-0.25, -0.2) is 0 Å². The van der Waals surface area contributed by atoms with Gasteiger partial charge >= 0.3 is 0 Å². The lowest BCUT2D eigenvalue weighted by Gasteiger charge is -2.61. The second-order valence-corrected chi connectivity index (χ2v) is 9.54. The Kier molecular flexibility index (Phi) is 5.34. The van der Waals surface area contributed by atoms with Crippen LogP contribution in [-0.4, -0.2) is 22.4 Å². The Hall–Kier alpha value is -0.0800. The quantitative estimate of drug-likeness (QED) is 0.767. The van der Waals surface area contributed by atoms with Crippen LogP contribution in [-0.2, 0) is 0 Å². The van der Waals surface area contributed by atoms with E-state index in [2.05, 4.69) is 34.6 Å². The Bertz CT molecular complexity index is 374. The first-order valence-electron chi connectivity index (χ1n) is 9.47. The average molecular weight is 311 g/mol. The molecular weight excluding hydrogens is 272 g/mol. The molecule has 0 aromatic carbocycles. The van der Waals surface area contributed by atoms with Gasteiger partial charge in [0.2, 0.25) is 0 Å². The molecule has 0 aromatic rings. The smallest absolute Gasteiger partial charge is 0.0653 e. The number of fused-ring (bicyclic) bond motifs is 1. The van der Waals surface area contributed by atoms with Gasteiger partial charge in [-0.15, -0.1) is 0 Å². The van der Waals surface area contributed by atoms with Gasteiger partial charge in [-0.1, -0.05) is 40.5 Å². The molecule has 0 aromatic heterocycles. The lowest BCUT2D eigenvalue weighted by molar-refractivity contribution is -0.170. The van der Waals surface area contributed by atoms with Crippen molar-refractivity contribution in [2.24, 2.45) is 28.6 Å². The van der Waals surface area contributed by atoms with E-state index in [4.69, 9.17) is 5.11 Å². The monoisotopic (exact) mass is 310 g/mol. The zero-order valence-electron chi connectivity index (χ0n) is 15.5. The summed E-state index contributed by atoms with van der Waals surface area (Å²) in [6, 6.07) is 0. The molecule has 130 valence electrons. The van der Waals surface area contributed by atoms with Crippen molar-refractivity contribution in [3.05, 3.63) is 0 Å². The molecule has 0 bridgehead atoms. The van der Waals surface area contributed by atoms with E-state index < -0.39 is 5.60 Å². The lowest BCUT2D eigenvalue weighted by Crippen LogP contribution is -2.57. The Morgan fingerprint density at radius 1 is 1.05 bits per heavy atom. The molecule has 0 unspecified atom stereocenters. The van der Waals surface area contributed by atoms with Gasteiger partial charge in [0.05, 0.1) is 5.60 Å². The van der Waals surface area contributed by atoms with Crippen molar-refractivity contribution in [2.45, 2.75) is 91.6 Å². The highest BCUT2D eigenvalue weighted by Crippen LogP contribution is 2.63. The summed E-state index contributed by atoms with van der Waals surface area (Å²) in [5, 5.41) is 20.2. The normalized spacial score (nSPS) is 42.7. The summed E-state index contributed by atoms with van der Waals surface area (Å²) in [5.74, 6) is 1.70. The summed E-state index contributed by atoms with van der Waals surface area (Å²) < 4.78 is 0. The van der Waals surface area contributed by atoms with Gasteiger partial charge in [0.25, 0.3) is 0 Å². The summed E-state index contributed by atoms with van der Waals surface area (Å²) in [7, 11) is 0. The van der Waals surface area contributed by atoms with Crippen molar-refractivity contribution in [1.29, 1.82) is 0 Å². The molecule has 2 N–H and O–H groups in total. The first-order chi connectivity index (χ1) is 10.1. The van der Waals surface area contributed by atoms with Crippen molar-refractivity contribution < 1.29 is 10.2 Å². The SMILES string of the molecule is C[C@H](CCO)CC[C@H]1[C@]2(C)CCCC(C)(C)[C@H]2CC[C@]1(C)O. The van der Waals surface area contributed by atoms with E-state index in [9.17, 15) is 5.11 Å². The second kappa shape index (κ2) is 6.43. The van der Waals surface area contributed by atoms with Crippen LogP contribution in [0.2, 0.25) is 0 Å². The van der Waals surface area contributed by atoms with E-state index in [-0.39, 0.29) is 12.0 Å². The van der Waals surface area contributed by atoms with E-state index >= 15 is 0 Å². The van der Waals surface area contributed by atoms with Crippen LogP contribution in [0.3, 0.4) is 0 Å². The second-order valence-electron chi connectivity index (χ2n) is 9.54. The molecule has 5 atom stereocenters. The molecule has 22 heavy (non-hydrogen) atoms. The lowest BCUT2D eigenvalue weighted by atomic mass is 9.45. The van der Waals surface area contributed by atoms with E-state index in [1.165, 1.54) is 25.7 Å². The molecule has 2 nitrogen and oxygen atoms in total. The van der Waals surface area contributed by atoms with Gasteiger partial charge < -0.3 is 10.2 Å². The molecule has 2 saturated carbocycles. The summed E-state index contributed by atoms with van der Waals surface area (Å²) >= 11 is 0. The summed E-state index contributed by atoms with van der Waals surface area (Å²) in [5.41, 5.74) is 0.179. The van der Waals surface area contributed by atoms with Crippen molar-refractivity contribution >= 4 is 0 Å². The maximum atomic E-state index is 11.1. The highest BCUT2D eigenvalue weighted by molar-refractivity contribution is 5.07. The van der Waals surface area contributed by atoms with E-state index in [0.29, 0.717) is 17.3 Å². The third-order valence-electron chi connectivity index (χ3n) is 7.33. The number of rotatable bonds is 5. The van der Waals surface area contributed by atoms with Crippen LogP contribution in [0.4, 0.5) is 0 Å². The van der Waals surface area contributed by atoms with Crippen molar-refractivity contribution in [1.82, 2.24) is 0 Å². The van der Waals surface area contributed by atoms with Gasteiger partial charge in [0.1, 0.15) is 0 Å². The van der Waals surface area contributed by atoms with Crippen LogP contribution in [0.1, 0.15) is 86.0 Å². The molecule has 2 aliphatic rings. The molecule has 2 aliphatic carbocycles. The number of aliphatic hydroxyl groups is 2. The third-order valence-corrected chi connectivity index (χ3v) is 7.33. The summed E-state index contributed by atoms with van der Waals surface area (Å²) in [6.45, 7) is 12.0. The molecule has 0 amide bonds. The van der Waals surface area contributed by atoms with E-state index in [1.54, 1.807) is 0 Å². The molecule has 0 aliphatic heterocycles. The molecule has 0 radical (unpaired) electrons. The highest BCUT2D eigenvalue weighted by Gasteiger charge is 2.57. The van der Waals surface area contributed by atoms with Crippen LogP contribution in [0.5, 0.6) is 0 Å². The topological polar surface area (TPSA) is 40.5 Å². The van der Waals surface area contributed by atoms with Crippen LogP contribution in [0.25, 0.3) is 0 Å². The largest absolute Gasteiger partial charge is 0.396 e. The predicted octanol–water partition coefficient (Wildman–Crippen LogP) is 4.78.